The van der Waals surface area contributed by atoms with Crippen molar-refractivity contribution in [1.29, 1.82) is 0 Å². The SMILES string of the molecule is CC(C)CC1CN(Cc2cc(Br)cs2)CCCN1. The van der Waals surface area contributed by atoms with Crippen LogP contribution in [-0.2, 0) is 6.54 Å². The van der Waals surface area contributed by atoms with Gasteiger partial charge in [-0.1, -0.05) is 13.8 Å². The maximum absolute atomic E-state index is 3.69. The second kappa shape index (κ2) is 7.04. The maximum atomic E-state index is 3.69. The topological polar surface area (TPSA) is 15.3 Å². The van der Waals surface area contributed by atoms with E-state index < -0.39 is 0 Å². The van der Waals surface area contributed by atoms with E-state index in [1.165, 1.54) is 41.8 Å². The van der Waals surface area contributed by atoms with Crippen LogP contribution in [0.4, 0.5) is 0 Å². The summed E-state index contributed by atoms with van der Waals surface area (Å²) in [4.78, 5) is 4.07. The molecule has 4 heteroatoms. The van der Waals surface area contributed by atoms with Gasteiger partial charge in [0.25, 0.3) is 0 Å². The van der Waals surface area contributed by atoms with E-state index >= 15 is 0 Å². The molecule has 102 valence electrons. The molecule has 0 aliphatic carbocycles. The molecule has 1 N–H and O–H groups in total. The van der Waals surface area contributed by atoms with Gasteiger partial charge in [0, 0.05) is 33.9 Å². The first-order chi connectivity index (χ1) is 8.63. The van der Waals surface area contributed by atoms with E-state index in [4.69, 9.17) is 0 Å². The smallest absolute Gasteiger partial charge is 0.0328 e. The van der Waals surface area contributed by atoms with E-state index in [0.717, 1.165) is 12.5 Å². The Bertz CT molecular complexity index is 364. The van der Waals surface area contributed by atoms with Crippen molar-refractivity contribution in [2.45, 2.75) is 39.3 Å². The van der Waals surface area contributed by atoms with Crippen molar-refractivity contribution >= 4 is 27.3 Å². The van der Waals surface area contributed by atoms with Gasteiger partial charge in [-0.15, -0.1) is 11.3 Å². The molecule has 1 aliphatic heterocycles. The summed E-state index contributed by atoms with van der Waals surface area (Å²) in [5.41, 5.74) is 0. The lowest BCUT2D eigenvalue weighted by Crippen LogP contribution is -2.38. The zero-order valence-corrected chi connectivity index (χ0v) is 13.7. The average Bonchev–Trinajstić information content (AvgIpc) is 2.56. The van der Waals surface area contributed by atoms with Crippen LogP contribution in [0.3, 0.4) is 0 Å². The standard InChI is InChI=1S/C14H23BrN2S/c1-11(2)6-13-8-17(5-3-4-16-13)9-14-7-12(15)10-18-14/h7,10-11,13,16H,3-6,8-9H2,1-2H3. The Kier molecular flexibility index (Phi) is 5.67. The van der Waals surface area contributed by atoms with Crippen LogP contribution < -0.4 is 5.32 Å². The Balaban J connectivity index is 1.90. The number of thiophene rings is 1. The quantitative estimate of drug-likeness (QED) is 0.905. The minimum absolute atomic E-state index is 0.663. The van der Waals surface area contributed by atoms with Crippen LogP contribution in [0.5, 0.6) is 0 Å². The van der Waals surface area contributed by atoms with Crippen molar-refractivity contribution in [3.63, 3.8) is 0 Å². The molecule has 0 aromatic carbocycles. The molecular weight excluding hydrogens is 308 g/mol. The highest BCUT2D eigenvalue weighted by atomic mass is 79.9. The van der Waals surface area contributed by atoms with Crippen molar-refractivity contribution in [3.05, 3.63) is 20.8 Å². The molecule has 2 rings (SSSR count). The molecule has 0 bridgehead atoms. The molecule has 1 fully saturated rings. The number of halogens is 1. The van der Waals surface area contributed by atoms with Crippen LogP contribution >= 0.6 is 27.3 Å². The van der Waals surface area contributed by atoms with Crippen molar-refractivity contribution in [2.75, 3.05) is 19.6 Å². The summed E-state index contributed by atoms with van der Waals surface area (Å²) in [5, 5.41) is 5.86. The summed E-state index contributed by atoms with van der Waals surface area (Å²) in [6, 6.07) is 2.91. The summed E-state index contributed by atoms with van der Waals surface area (Å²) in [7, 11) is 0. The van der Waals surface area contributed by atoms with E-state index in [-0.39, 0.29) is 0 Å². The van der Waals surface area contributed by atoms with E-state index in [2.05, 4.69) is 51.4 Å². The molecule has 2 nitrogen and oxygen atoms in total. The third kappa shape index (κ3) is 4.65. The number of rotatable bonds is 4. The molecule has 18 heavy (non-hydrogen) atoms. The molecule has 1 aromatic heterocycles. The molecule has 1 atom stereocenters. The fourth-order valence-electron chi connectivity index (χ4n) is 2.60. The number of hydrogen-bond acceptors (Lipinski definition) is 3. The molecule has 0 spiro atoms. The van der Waals surface area contributed by atoms with E-state index in [1.54, 1.807) is 0 Å². The number of nitrogens with one attached hydrogen (secondary N) is 1. The lowest BCUT2D eigenvalue weighted by molar-refractivity contribution is 0.249. The Morgan fingerprint density at radius 2 is 2.39 bits per heavy atom. The maximum Gasteiger partial charge on any atom is 0.0328 e. The molecule has 1 aromatic rings. The molecule has 0 amide bonds. The van der Waals surface area contributed by atoms with Crippen molar-refractivity contribution in [3.8, 4) is 0 Å². The van der Waals surface area contributed by atoms with Gasteiger partial charge in [0.1, 0.15) is 0 Å². The molecule has 1 saturated heterocycles. The summed E-state index contributed by atoms with van der Waals surface area (Å²) in [5.74, 6) is 0.776. The molecule has 0 radical (unpaired) electrons. The first kappa shape index (κ1) is 14.5. The summed E-state index contributed by atoms with van der Waals surface area (Å²) in [6.07, 6.45) is 2.55. The Labute approximate surface area is 123 Å². The fourth-order valence-corrected chi connectivity index (χ4v) is 4.10. The fraction of sp³-hybridized carbons (Fsp3) is 0.714. The molecule has 2 heterocycles. The van der Waals surface area contributed by atoms with Crippen molar-refractivity contribution in [2.24, 2.45) is 5.92 Å². The van der Waals surface area contributed by atoms with Crippen LogP contribution in [0.25, 0.3) is 0 Å². The van der Waals surface area contributed by atoms with Crippen LogP contribution in [0.2, 0.25) is 0 Å². The van der Waals surface area contributed by atoms with E-state index in [1.807, 2.05) is 11.3 Å². The molecular formula is C14H23BrN2S. The highest BCUT2D eigenvalue weighted by Gasteiger charge is 2.18. The first-order valence-corrected chi connectivity index (χ1v) is 8.49. The van der Waals surface area contributed by atoms with Gasteiger partial charge in [-0.2, -0.15) is 0 Å². The normalized spacial score (nSPS) is 22.3. The van der Waals surface area contributed by atoms with Crippen LogP contribution in [0, 0.1) is 5.92 Å². The second-order valence-corrected chi connectivity index (χ2v) is 7.51. The highest BCUT2D eigenvalue weighted by molar-refractivity contribution is 9.10. The van der Waals surface area contributed by atoms with Gasteiger partial charge >= 0.3 is 0 Å². The zero-order valence-electron chi connectivity index (χ0n) is 11.3. The van der Waals surface area contributed by atoms with Crippen molar-refractivity contribution < 1.29 is 0 Å². The minimum Gasteiger partial charge on any atom is -0.313 e. The van der Waals surface area contributed by atoms with Gasteiger partial charge in [0.05, 0.1) is 0 Å². The Morgan fingerprint density at radius 1 is 1.56 bits per heavy atom. The molecule has 1 unspecified atom stereocenters. The van der Waals surface area contributed by atoms with E-state index in [0.29, 0.717) is 6.04 Å². The predicted octanol–water partition coefficient (Wildman–Crippen LogP) is 3.72. The van der Waals surface area contributed by atoms with Gasteiger partial charge in [0.2, 0.25) is 0 Å². The van der Waals surface area contributed by atoms with Gasteiger partial charge < -0.3 is 5.32 Å². The average molecular weight is 331 g/mol. The molecule has 1 aliphatic rings. The van der Waals surface area contributed by atoms with Gasteiger partial charge in [0.15, 0.2) is 0 Å². The predicted molar refractivity (Wildman–Crippen MR) is 83.2 cm³/mol. The third-order valence-electron chi connectivity index (χ3n) is 3.32. The lowest BCUT2D eigenvalue weighted by Gasteiger charge is -2.25. The monoisotopic (exact) mass is 330 g/mol. The van der Waals surface area contributed by atoms with Crippen LogP contribution in [0.15, 0.2) is 15.9 Å². The number of nitrogens with zero attached hydrogens (tertiary/aromatic N) is 1. The van der Waals surface area contributed by atoms with Crippen LogP contribution in [-0.4, -0.2) is 30.6 Å². The summed E-state index contributed by atoms with van der Waals surface area (Å²) >= 11 is 5.39. The Morgan fingerprint density at radius 3 is 3.06 bits per heavy atom. The lowest BCUT2D eigenvalue weighted by atomic mass is 10.0. The van der Waals surface area contributed by atoms with Crippen molar-refractivity contribution in [1.82, 2.24) is 10.2 Å². The number of hydrogen-bond donors (Lipinski definition) is 1. The first-order valence-electron chi connectivity index (χ1n) is 6.82. The van der Waals surface area contributed by atoms with E-state index in [9.17, 15) is 0 Å². The molecule has 0 saturated carbocycles. The third-order valence-corrected chi connectivity index (χ3v) is 5.00. The largest absolute Gasteiger partial charge is 0.313 e. The Hall–Kier alpha value is 0.1000. The summed E-state index contributed by atoms with van der Waals surface area (Å²) in [6.45, 7) is 9.31. The van der Waals surface area contributed by atoms with Gasteiger partial charge in [-0.25, -0.2) is 0 Å². The summed E-state index contributed by atoms with van der Waals surface area (Å²) < 4.78 is 1.22. The highest BCUT2D eigenvalue weighted by Crippen LogP contribution is 2.22. The second-order valence-electron chi connectivity index (χ2n) is 5.60. The van der Waals surface area contributed by atoms with Crippen LogP contribution in [0.1, 0.15) is 31.6 Å². The minimum atomic E-state index is 0.663. The van der Waals surface area contributed by atoms with Gasteiger partial charge in [-0.3, -0.25) is 4.90 Å². The zero-order chi connectivity index (χ0) is 13.0. The van der Waals surface area contributed by atoms with Gasteiger partial charge in [-0.05, 0) is 53.8 Å².